The normalized spacial score (nSPS) is 12.7. The van der Waals surface area contributed by atoms with Gasteiger partial charge in [-0.3, -0.25) is 4.98 Å². The molecular formula is C12H19ClN2O. The minimum Gasteiger partial charge on any atom is -0.383 e. The molecule has 1 N–H and O–H groups in total. The van der Waals surface area contributed by atoms with E-state index in [1.54, 1.807) is 7.11 Å². The van der Waals surface area contributed by atoms with E-state index in [1.165, 1.54) is 11.1 Å². The summed E-state index contributed by atoms with van der Waals surface area (Å²) in [6.45, 7) is 4.38. The molecule has 0 saturated carbocycles. The molecule has 0 aliphatic rings. The Balaban J connectivity index is 2.16. The van der Waals surface area contributed by atoms with Crippen molar-refractivity contribution in [3.63, 3.8) is 0 Å². The Morgan fingerprint density at radius 2 is 2.31 bits per heavy atom. The van der Waals surface area contributed by atoms with Gasteiger partial charge in [-0.05, 0) is 31.0 Å². The van der Waals surface area contributed by atoms with E-state index in [0.29, 0.717) is 6.61 Å². The Bertz CT molecular complexity index is 307. The van der Waals surface area contributed by atoms with Crippen molar-refractivity contribution in [2.45, 2.75) is 25.3 Å². The monoisotopic (exact) mass is 242 g/mol. The molecule has 0 amide bonds. The number of aromatic nitrogens is 1. The van der Waals surface area contributed by atoms with Crippen molar-refractivity contribution in [1.82, 2.24) is 10.3 Å². The lowest BCUT2D eigenvalue weighted by atomic mass is 10.2. The molecule has 1 atom stereocenters. The van der Waals surface area contributed by atoms with Gasteiger partial charge in [0.1, 0.15) is 0 Å². The van der Waals surface area contributed by atoms with Crippen molar-refractivity contribution in [3.05, 3.63) is 29.6 Å². The summed E-state index contributed by atoms with van der Waals surface area (Å²) in [5, 5.41) is 3.43. The number of hydrogen-bond donors (Lipinski definition) is 1. The van der Waals surface area contributed by atoms with Crippen molar-refractivity contribution >= 4 is 11.6 Å². The number of ether oxygens (including phenoxy) is 1. The summed E-state index contributed by atoms with van der Waals surface area (Å²) in [7, 11) is 1.67. The molecule has 0 fully saturated rings. The number of halogens is 1. The van der Waals surface area contributed by atoms with Gasteiger partial charge >= 0.3 is 0 Å². The van der Waals surface area contributed by atoms with Crippen LogP contribution in [-0.4, -0.2) is 30.6 Å². The highest BCUT2D eigenvalue weighted by Crippen LogP contribution is 2.03. The Kier molecular flexibility index (Phi) is 6.38. The summed E-state index contributed by atoms with van der Waals surface area (Å²) in [6, 6.07) is 2.13. The summed E-state index contributed by atoms with van der Waals surface area (Å²) in [5.41, 5.74) is 2.40. The molecule has 0 saturated heterocycles. The van der Waals surface area contributed by atoms with Crippen molar-refractivity contribution in [3.8, 4) is 0 Å². The quantitative estimate of drug-likeness (QED) is 0.588. The minimum absolute atomic E-state index is 0.0909. The third kappa shape index (κ3) is 5.45. The van der Waals surface area contributed by atoms with E-state index in [1.807, 2.05) is 19.3 Å². The summed E-state index contributed by atoms with van der Waals surface area (Å²) in [5.74, 6) is 0. The van der Waals surface area contributed by atoms with Gasteiger partial charge in [-0.2, -0.15) is 0 Å². The van der Waals surface area contributed by atoms with Gasteiger partial charge in [0.2, 0.25) is 0 Å². The third-order valence-electron chi connectivity index (χ3n) is 2.24. The first-order valence-electron chi connectivity index (χ1n) is 5.46. The molecule has 0 aliphatic carbocycles. The maximum absolute atomic E-state index is 6.01. The molecule has 16 heavy (non-hydrogen) atoms. The van der Waals surface area contributed by atoms with Crippen LogP contribution in [-0.2, 0) is 11.3 Å². The van der Waals surface area contributed by atoms with E-state index >= 15 is 0 Å². The Morgan fingerprint density at radius 3 is 3.00 bits per heavy atom. The SMILES string of the molecule is COCC(Cl)CCNCc1cncc(C)c1. The van der Waals surface area contributed by atoms with Crippen molar-refractivity contribution < 1.29 is 4.74 Å². The van der Waals surface area contributed by atoms with Gasteiger partial charge in [0.05, 0.1) is 12.0 Å². The van der Waals surface area contributed by atoms with Crippen LogP contribution in [0.1, 0.15) is 17.5 Å². The lowest BCUT2D eigenvalue weighted by molar-refractivity contribution is 0.195. The molecule has 0 aromatic carbocycles. The van der Waals surface area contributed by atoms with Gasteiger partial charge in [0.25, 0.3) is 0 Å². The average Bonchev–Trinajstić information content (AvgIpc) is 2.25. The zero-order chi connectivity index (χ0) is 11.8. The van der Waals surface area contributed by atoms with Crippen molar-refractivity contribution in [2.75, 3.05) is 20.3 Å². The number of nitrogens with one attached hydrogen (secondary N) is 1. The maximum atomic E-state index is 6.01. The van der Waals surface area contributed by atoms with Crippen LogP contribution in [0.4, 0.5) is 0 Å². The second-order valence-electron chi connectivity index (χ2n) is 3.89. The molecule has 0 radical (unpaired) electrons. The third-order valence-corrected chi connectivity index (χ3v) is 2.59. The smallest absolute Gasteiger partial charge is 0.0626 e. The van der Waals surface area contributed by atoms with Gasteiger partial charge in [-0.15, -0.1) is 11.6 Å². The number of aryl methyl sites for hydroxylation is 1. The molecule has 1 heterocycles. The highest BCUT2D eigenvalue weighted by Gasteiger charge is 2.02. The first-order chi connectivity index (χ1) is 7.72. The highest BCUT2D eigenvalue weighted by molar-refractivity contribution is 6.20. The van der Waals surface area contributed by atoms with Crippen LogP contribution >= 0.6 is 11.6 Å². The second kappa shape index (κ2) is 7.60. The lowest BCUT2D eigenvalue weighted by Gasteiger charge is -2.09. The van der Waals surface area contributed by atoms with E-state index < -0.39 is 0 Å². The molecular weight excluding hydrogens is 224 g/mol. The van der Waals surface area contributed by atoms with E-state index in [4.69, 9.17) is 16.3 Å². The first-order valence-corrected chi connectivity index (χ1v) is 5.90. The molecule has 0 bridgehead atoms. The standard InChI is InChI=1S/C12H19ClN2O/c1-10-5-11(8-15-6-10)7-14-4-3-12(13)9-16-2/h5-6,8,12,14H,3-4,7,9H2,1-2H3. The number of methoxy groups -OCH3 is 1. The topological polar surface area (TPSA) is 34.1 Å². The lowest BCUT2D eigenvalue weighted by Crippen LogP contribution is -2.20. The summed E-state index contributed by atoms with van der Waals surface area (Å²) >= 11 is 6.01. The first kappa shape index (κ1) is 13.4. The second-order valence-corrected chi connectivity index (χ2v) is 4.51. The van der Waals surface area contributed by atoms with Crippen LogP contribution < -0.4 is 5.32 Å². The van der Waals surface area contributed by atoms with Gasteiger partial charge in [0, 0.05) is 26.0 Å². The molecule has 1 aromatic heterocycles. The summed E-state index contributed by atoms with van der Waals surface area (Å²) in [6.07, 6.45) is 4.65. The largest absolute Gasteiger partial charge is 0.383 e. The van der Waals surface area contributed by atoms with Crippen LogP contribution in [0, 0.1) is 6.92 Å². The predicted molar refractivity (Wildman–Crippen MR) is 66.8 cm³/mol. The zero-order valence-electron chi connectivity index (χ0n) is 9.87. The summed E-state index contributed by atoms with van der Waals surface area (Å²) in [4.78, 5) is 4.14. The fraction of sp³-hybridized carbons (Fsp3) is 0.583. The fourth-order valence-electron chi connectivity index (χ4n) is 1.47. The van der Waals surface area contributed by atoms with Gasteiger partial charge < -0.3 is 10.1 Å². The van der Waals surface area contributed by atoms with Gasteiger partial charge in [-0.25, -0.2) is 0 Å². The van der Waals surface area contributed by atoms with Crippen molar-refractivity contribution in [1.29, 1.82) is 0 Å². The van der Waals surface area contributed by atoms with E-state index in [0.717, 1.165) is 19.5 Å². The molecule has 90 valence electrons. The van der Waals surface area contributed by atoms with Crippen LogP contribution in [0.2, 0.25) is 0 Å². The molecule has 0 aliphatic heterocycles. The number of alkyl halides is 1. The van der Waals surface area contributed by atoms with Crippen molar-refractivity contribution in [2.24, 2.45) is 0 Å². The zero-order valence-corrected chi connectivity index (χ0v) is 10.6. The summed E-state index contributed by atoms with van der Waals surface area (Å²) < 4.78 is 4.96. The molecule has 1 rings (SSSR count). The number of nitrogens with zero attached hydrogens (tertiary/aromatic N) is 1. The van der Waals surface area contributed by atoms with E-state index in [2.05, 4.69) is 16.4 Å². The average molecular weight is 243 g/mol. The van der Waals surface area contributed by atoms with Crippen LogP contribution in [0.25, 0.3) is 0 Å². The molecule has 4 heteroatoms. The van der Waals surface area contributed by atoms with Gasteiger partial charge in [0.15, 0.2) is 0 Å². The van der Waals surface area contributed by atoms with Gasteiger partial charge in [-0.1, -0.05) is 6.07 Å². The fourth-order valence-corrected chi connectivity index (χ4v) is 1.70. The molecule has 1 unspecified atom stereocenters. The highest BCUT2D eigenvalue weighted by atomic mass is 35.5. The maximum Gasteiger partial charge on any atom is 0.0626 e. The van der Waals surface area contributed by atoms with Crippen LogP contribution in [0.15, 0.2) is 18.5 Å². The Labute approximate surface area is 102 Å². The number of pyridine rings is 1. The molecule has 3 nitrogen and oxygen atoms in total. The Hall–Kier alpha value is -0.640. The van der Waals surface area contributed by atoms with Crippen LogP contribution in [0.3, 0.4) is 0 Å². The van der Waals surface area contributed by atoms with Crippen LogP contribution in [0.5, 0.6) is 0 Å². The molecule has 1 aromatic rings. The van der Waals surface area contributed by atoms with E-state index in [9.17, 15) is 0 Å². The van der Waals surface area contributed by atoms with E-state index in [-0.39, 0.29) is 5.38 Å². The Morgan fingerprint density at radius 1 is 1.50 bits per heavy atom. The predicted octanol–water partition coefficient (Wildman–Crippen LogP) is 2.12. The number of hydrogen-bond acceptors (Lipinski definition) is 3. The minimum atomic E-state index is 0.0909. The molecule has 0 spiro atoms. The number of rotatable bonds is 7.